The molecule has 1 saturated carbocycles. The van der Waals surface area contributed by atoms with E-state index in [0.29, 0.717) is 5.69 Å². The predicted molar refractivity (Wildman–Crippen MR) is 90.2 cm³/mol. The summed E-state index contributed by atoms with van der Waals surface area (Å²) in [4.78, 5) is 12.1. The van der Waals surface area contributed by atoms with Crippen LogP contribution in [0.25, 0.3) is 5.69 Å². The van der Waals surface area contributed by atoms with Crippen LogP contribution in [0.3, 0.4) is 0 Å². The molecule has 1 aliphatic carbocycles. The first-order valence-electron chi connectivity index (χ1n) is 7.44. The Balaban J connectivity index is 1.64. The Hall–Kier alpha value is -2.33. The largest absolute Gasteiger partial charge is 0.334 e. The van der Waals surface area contributed by atoms with Crippen molar-refractivity contribution in [2.24, 2.45) is 5.92 Å². The van der Waals surface area contributed by atoms with Gasteiger partial charge >= 0.3 is 6.03 Å². The number of amides is 2. The molecule has 2 N–H and O–H groups in total. The summed E-state index contributed by atoms with van der Waals surface area (Å²) in [7, 11) is 0. The first kappa shape index (κ1) is 15.6. The summed E-state index contributed by atoms with van der Waals surface area (Å²) in [6.07, 6.45) is 6.01. The van der Waals surface area contributed by atoms with Crippen molar-refractivity contribution in [1.82, 2.24) is 15.1 Å². The van der Waals surface area contributed by atoms with Gasteiger partial charge in [-0.05, 0) is 47.3 Å². The van der Waals surface area contributed by atoms with Crippen LogP contribution in [-0.4, -0.2) is 21.9 Å². The molecule has 6 nitrogen and oxygen atoms in total. The fourth-order valence-corrected chi connectivity index (χ4v) is 3.25. The number of nitriles is 1. The molecule has 1 aromatic heterocycles. The Morgan fingerprint density at radius 1 is 1.39 bits per heavy atom. The van der Waals surface area contributed by atoms with E-state index in [1.165, 1.54) is 0 Å². The maximum Gasteiger partial charge on any atom is 0.319 e. The standard InChI is InChI=1S/C16H16BrN5O/c17-13-5-1-2-7-15(13)22-10-12(9-19-22)20-16(23)21-14-6-3-4-11(14)8-18/h1-2,5,7,9-11,14H,3-4,6H2,(H2,20,21,23). The van der Waals surface area contributed by atoms with Gasteiger partial charge in [0.25, 0.3) is 0 Å². The molecule has 1 heterocycles. The van der Waals surface area contributed by atoms with E-state index in [2.05, 4.69) is 37.7 Å². The number of anilines is 1. The van der Waals surface area contributed by atoms with Gasteiger partial charge in [-0.1, -0.05) is 12.1 Å². The Labute approximate surface area is 142 Å². The zero-order chi connectivity index (χ0) is 16.2. The van der Waals surface area contributed by atoms with Crippen molar-refractivity contribution in [2.45, 2.75) is 25.3 Å². The Morgan fingerprint density at radius 2 is 2.22 bits per heavy atom. The Kier molecular flexibility index (Phi) is 4.63. The van der Waals surface area contributed by atoms with Gasteiger partial charge in [-0.2, -0.15) is 10.4 Å². The van der Waals surface area contributed by atoms with E-state index in [0.717, 1.165) is 29.4 Å². The van der Waals surface area contributed by atoms with Crippen LogP contribution in [0.15, 0.2) is 41.1 Å². The quantitative estimate of drug-likeness (QED) is 0.863. The number of aromatic nitrogens is 2. The van der Waals surface area contributed by atoms with E-state index in [1.54, 1.807) is 17.1 Å². The van der Waals surface area contributed by atoms with Gasteiger partial charge < -0.3 is 10.6 Å². The third kappa shape index (κ3) is 3.54. The van der Waals surface area contributed by atoms with Crippen molar-refractivity contribution in [3.8, 4) is 11.8 Å². The van der Waals surface area contributed by atoms with E-state index in [9.17, 15) is 4.79 Å². The lowest BCUT2D eigenvalue weighted by molar-refractivity contribution is 0.247. The third-order valence-corrected chi connectivity index (χ3v) is 4.61. The predicted octanol–water partition coefficient (Wildman–Crippen LogP) is 3.45. The topological polar surface area (TPSA) is 82.7 Å². The number of rotatable bonds is 3. The van der Waals surface area contributed by atoms with E-state index in [1.807, 2.05) is 24.3 Å². The van der Waals surface area contributed by atoms with Crippen LogP contribution >= 0.6 is 15.9 Å². The second-order valence-electron chi connectivity index (χ2n) is 5.50. The molecule has 3 rings (SSSR count). The van der Waals surface area contributed by atoms with Crippen molar-refractivity contribution < 1.29 is 4.79 Å². The fourth-order valence-electron chi connectivity index (χ4n) is 2.78. The van der Waals surface area contributed by atoms with Crippen LogP contribution in [-0.2, 0) is 0 Å². The summed E-state index contributed by atoms with van der Waals surface area (Å²) < 4.78 is 2.61. The van der Waals surface area contributed by atoms with Crippen molar-refractivity contribution in [2.75, 3.05) is 5.32 Å². The lowest BCUT2D eigenvalue weighted by Gasteiger charge is -2.15. The molecule has 0 saturated heterocycles. The highest BCUT2D eigenvalue weighted by molar-refractivity contribution is 9.10. The monoisotopic (exact) mass is 373 g/mol. The number of urea groups is 1. The highest BCUT2D eigenvalue weighted by Gasteiger charge is 2.28. The molecule has 0 radical (unpaired) electrons. The average molecular weight is 374 g/mol. The number of halogens is 1. The Morgan fingerprint density at radius 3 is 3.00 bits per heavy atom. The van der Waals surface area contributed by atoms with Crippen LogP contribution in [0.2, 0.25) is 0 Å². The lowest BCUT2D eigenvalue weighted by atomic mass is 10.1. The van der Waals surface area contributed by atoms with Gasteiger partial charge in [0.05, 0.1) is 35.8 Å². The summed E-state index contributed by atoms with van der Waals surface area (Å²) in [5, 5.41) is 18.9. The zero-order valence-electron chi connectivity index (χ0n) is 12.4. The first-order chi connectivity index (χ1) is 11.2. The third-order valence-electron chi connectivity index (χ3n) is 3.94. The zero-order valence-corrected chi connectivity index (χ0v) is 14.0. The number of carbonyl (C=O) groups excluding carboxylic acids is 1. The van der Waals surface area contributed by atoms with Gasteiger partial charge in [0, 0.05) is 10.5 Å². The van der Waals surface area contributed by atoms with Crippen LogP contribution in [0.4, 0.5) is 10.5 Å². The number of nitrogens with zero attached hydrogens (tertiary/aromatic N) is 3. The Bertz CT molecular complexity index is 751. The van der Waals surface area contributed by atoms with E-state index in [-0.39, 0.29) is 18.0 Å². The summed E-state index contributed by atoms with van der Waals surface area (Å²) in [6, 6.07) is 9.58. The smallest absolute Gasteiger partial charge is 0.319 e. The number of hydrogen-bond acceptors (Lipinski definition) is 3. The molecule has 1 aromatic carbocycles. The molecule has 7 heteroatoms. The second-order valence-corrected chi connectivity index (χ2v) is 6.35. The number of hydrogen-bond donors (Lipinski definition) is 2. The van der Waals surface area contributed by atoms with Crippen molar-refractivity contribution in [3.05, 3.63) is 41.1 Å². The molecular weight excluding hydrogens is 358 g/mol. The van der Waals surface area contributed by atoms with E-state index >= 15 is 0 Å². The molecule has 118 valence electrons. The summed E-state index contributed by atoms with van der Waals surface area (Å²) in [6.45, 7) is 0. The summed E-state index contributed by atoms with van der Waals surface area (Å²) in [5.41, 5.74) is 1.49. The van der Waals surface area contributed by atoms with Crippen molar-refractivity contribution >= 4 is 27.6 Å². The minimum Gasteiger partial charge on any atom is -0.334 e. The van der Waals surface area contributed by atoms with Crippen LogP contribution in [0, 0.1) is 17.2 Å². The van der Waals surface area contributed by atoms with Crippen LogP contribution < -0.4 is 10.6 Å². The van der Waals surface area contributed by atoms with Crippen LogP contribution in [0.1, 0.15) is 19.3 Å². The SMILES string of the molecule is N#CC1CCCC1NC(=O)Nc1cnn(-c2ccccc2Br)c1. The van der Waals surface area contributed by atoms with Gasteiger partial charge in [0.15, 0.2) is 0 Å². The molecule has 0 aliphatic heterocycles. The molecular formula is C16H16BrN5O. The minimum absolute atomic E-state index is 0.0710. The number of nitrogens with one attached hydrogen (secondary N) is 2. The van der Waals surface area contributed by atoms with Gasteiger partial charge in [0.1, 0.15) is 0 Å². The fraction of sp³-hybridized carbons (Fsp3) is 0.312. The van der Waals surface area contributed by atoms with E-state index in [4.69, 9.17) is 5.26 Å². The molecule has 1 aliphatic rings. The van der Waals surface area contributed by atoms with Crippen molar-refractivity contribution in [3.63, 3.8) is 0 Å². The molecule has 2 aromatic rings. The molecule has 23 heavy (non-hydrogen) atoms. The maximum absolute atomic E-state index is 12.1. The van der Waals surface area contributed by atoms with Gasteiger partial charge in [-0.3, -0.25) is 0 Å². The number of carbonyl (C=O) groups is 1. The van der Waals surface area contributed by atoms with Crippen LogP contribution in [0.5, 0.6) is 0 Å². The minimum atomic E-state index is -0.302. The van der Waals surface area contributed by atoms with Crippen molar-refractivity contribution in [1.29, 1.82) is 5.26 Å². The summed E-state index contributed by atoms with van der Waals surface area (Å²) >= 11 is 3.47. The highest BCUT2D eigenvalue weighted by atomic mass is 79.9. The van der Waals surface area contributed by atoms with Gasteiger partial charge in [0.2, 0.25) is 0 Å². The lowest BCUT2D eigenvalue weighted by Crippen LogP contribution is -2.39. The maximum atomic E-state index is 12.1. The molecule has 0 bridgehead atoms. The van der Waals surface area contributed by atoms with E-state index < -0.39 is 0 Å². The highest BCUT2D eigenvalue weighted by Crippen LogP contribution is 2.25. The number of benzene rings is 1. The molecule has 2 amide bonds. The number of para-hydroxylation sites is 1. The van der Waals surface area contributed by atoms with Gasteiger partial charge in [-0.15, -0.1) is 0 Å². The second kappa shape index (κ2) is 6.84. The molecule has 1 fully saturated rings. The molecule has 2 unspecified atom stereocenters. The average Bonchev–Trinajstić information content (AvgIpc) is 3.17. The molecule has 0 spiro atoms. The van der Waals surface area contributed by atoms with Gasteiger partial charge in [-0.25, -0.2) is 9.48 Å². The first-order valence-corrected chi connectivity index (χ1v) is 8.23. The summed E-state index contributed by atoms with van der Waals surface area (Å²) in [5.74, 6) is -0.0938. The normalized spacial score (nSPS) is 20.0. The molecule has 2 atom stereocenters.